The molecule has 3 aromatic rings. The minimum atomic E-state index is -0.352. The molecule has 0 aliphatic rings. The summed E-state index contributed by atoms with van der Waals surface area (Å²) in [6, 6.07) is 27.9. The molecule has 1 atom stereocenters. The van der Waals surface area contributed by atoms with Crippen LogP contribution in [0.15, 0.2) is 97.1 Å². The topological polar surface area (TPSA) is 73.5 Å². The maximum absolute atomic E-state index is 12.8. The van der Waals surface area contributed by atoms with Crippen molar-refractivity contribution < 1.29 is 9.59 Å². The molecule has 0 saturated heterocycles. The third kappa shape index (κ3) is 9.52. The van der Waals surface area contributed by atoms with Gasteiger partial charge in [0.1, 0.15) is 0 Å². The first-order valence-electron chi connectivity index (χ1n) is 13.3. The highest BCUT2D eigenvalue weighted by atomic mass is 16.2. The Balaban J connectivity index is 1.59. The molecule has 0 radical (unpaired) electrons. The number of anilines is 1. The van der Waals surface area contributed by atoms with Crippen molar-refractivity contribution in [1.29, 1.82) is 0 Å². The van der Waals surface area contributed by atoms with Crippen molar-refractivity contribution in [2.24, 2.45) is 0 Å². The molecule has 3 amide bonds. The Hall–Kier alpha value is -3.90. The summed E-state index contributed by atoms with van der Waals surface area (Å²) in [5, 5.41) is 8.86. The number of hydrogen-bond acceptors (Lipinski definition) is 3. The summed E-state index contributed by atoms with van der Waals surface area (Å²) < 4.78 is 0. The lowest BCUT2D eigenvalue weighted by molar-refractivity contribution is -0.116. The molecule has 0 saturated carbocycles. The third-order valence-corrected chi connectivity index (χ3v) is 6.34. The number of nitrogens with zero attached hydrogens (tertiary/aromatic N) is 1. The second-order valence-electron chi connectivity index (χ2n) is 9.91. The first kappa shape index (κ1) is 28.7. The number of hydrogen-bond donors (Lipinski definition) is 3. The van der Waals surface area contributed by atoms with E-state index in [9.17, 15) is 9.59 Å². The lowest BCUT2D eigenvalue weighted by atomic mass is 10.1. The van der Waals surface area contributed by atoms with Crippen LogP contribution in [0.2, 0.25) is 0 Å². The minimum Gasteiger partial charge on any atom is -0.351 e. The summed E-state index contributed by atoms with van der Waals surface area (Å²) >= 11 is 0. The zero-order chi connectivity index (χ0) is 27.3. The van der Waals surface area contributed by atoms with Crippen molar-refractivity contribution in [1.82, 2.24) is 15.5 Å². The van der Waals surface area contributed by atoms with Gasteiger partial charge in [0.25, 0.3) is 0 Å². The number of urea groups is 1. The van der Waals surface area contributed by atoms with Gasteiger partial charge in [0.2, 0.25) is 5.91 Å². The van der Waals surface area contributed by atoms with Crippen molar-refractivity contribution in [3.05, 3.63) is 103 Å². The molecule has 3 N–H and O–H groups in total. The summed E-state index contributed by atoms with van der Waals surface area (Å²) in [6.45, 7) is 9.98. The van der Waals surface area contributed by atoms with Gasteiger partial charge in [-0.3, -0.25) is 9.69 Å². The number of carbonyl (C=O) groups excluding carboxylic acids is 2. The molecule has 6 nitrogen and oxygen atoms in total. The Bertz CT molecular complexity index is 1150. The van der Waals surface area contributed by atoms with Crippen molar-refractivity contribution >= 4 is 17.6 Å². The zero-order valence-electron chi connectivity index (χ0n) is 22.9. The lowest BCUT2D eigenvalue weighted by Crippen LogP contribution is -2.42. The standard InChI is InChI=1S/C32H40N4O2/c1-24(2)36(25(3)4)22-21-33-31(37)20-19-30(23-26-11-7-5-8-12-26)35-32(38)34-29-17-15-28(16-18-29)27-13-9-6-10-14-27/h5-20,24-25,30H,21-23H2,1-4H3,(H,33,37)(H2,34,35,38)/b20-19+. The molecule has 0 spiro atoms. The van der Waals surface area contributed by atoms with Crippen LogP contribution in [-0.2, 0) is 11.2 Å². The molecule has 0 bridgehead atoms. The van der Waals surface area contributed by atoms with E-state index in [1.807, 2.05) is 72.8 Å². The molecule has 200 valence electrons. The van der Waals surface area contributed by atoms with Gasteiger partial charge in [-0.2, -0.15) is 0 Å². The maximum atomic E-state index is 12.8. The van der Waals surface area contributed by atoms with Crippen LogP contribution >= 0.6 is 0 Å². The first-order chi connectivity index (χ1) is 18.3. The lowest BCUT2D eigenvalue weighted by Gasteiger charge is -2.30. The molecule has 3 aromatic carbocycles. The average molecular weight is 513 g/mol. The van der Waals surface area contributed by atoms with E-state index in [0.717, 1.165) is 23.2 Å². The summed E-state index contributed by atoms with van der Waals surface area (Å²) in [4.78, 5) is 27.7. The predicted octanol–water partition coefficient (Wildman–Crippen LogP) is 5.88. The van der Waals surface area contributed by atoms with E-state index >= 15 is 0 Å². The first-order valence-corrected chi connectivity index (χ1v) is 13.3. The predicted molar refractivity (Wildman–Crippen MR) is 157 cm³/mol. The number of carbonyl (C=O) groups is 2. The Morgan fingerprint density at radius 1 is 0.789 bits per heavy atom. The molecular formula is C32H40N4O2. The van der Waals surface area contributed by atoms with Crippen molar-refractivity contribution in [2.45, 2.75) is 52.2 Å². The van der Waals surface area contributed by atoms with Gasteiger partial charge in [0.05, 0.1) is 6.04 Å². The normalized spacial score (nSPS) is 12.2. The third-order valence-electron chi connectivity index (χ3n) is 6.34. The highest BCUT2D eigenvalue weighted by Gasteiger charge is 2.14. The van der Waals surface area contributed by atoms with Crippen LogP contribution in [0.1, 0.15) is 33.3 Å². The van der Waals surface area contributed by atoms with Gasteiger partial charge < -0.3 is 16.0 Å². The SMILES string of the molecule is CC(C)N(CCNC(=O)/C=C/C(Cc1ccccc1)NC(=O)Nc1ccc(-c2ccccc2)cc1)C(C)C. The molecule has 3 rings (SSSR count). The molecule has 0 aliphatic carbocycles. The van der Waals surface area contributed by atoms with Gasteiger partial charge in [0.15, 0.2) is 0 Å². The van der Waals surface area contributed by atoms with Crippen LogP contribution in [0, 0.1) is 0 Å². The zero-order valence-corrected chi connectivity index (χ0v) is 22.9. The number of rotatable bonds is 12. The molecular weight excluding hydrogens is 472 g/mol. The highest BCUT2D eigenvalue weighted by Crippen LogP contribution is 2.21. The van der Waals surface area contributed by atoms with Gasteiger partial charge in [-0.05, 0) is 62.9 Å². The molecule has 38 heavy (non-hydrogen) atoms. The smallest absolute Gasteiger partial charge is 0.319 e. The molecule has 0 aliphatic heterocycles. The van der Waals surface area contributed by atoms with Gasteiger partial charge in [-0.15, -0.1) is 0 Å². The summed E-state index contributed by atoms with van der Waals surface area (Å²) in [6.07, 6.45) is 3.83. The molecule has 0 aromatic heterocycles. The monoisotopic (exact) mass is 512 g/mol. The van der Waals surface area contributed by atoms with Gasteiger partial charge in [-0.1, -0.05) is 78.9 Å². The second-order valence-corrected chi connectivity index (χ2v) is 9.91. The highest BCUT2D eigenvalue weighted by molar-refractivity contribution is 5.90. The van der Waals surface area contributed by atoms with E-state index in [-0.39, 0.29) is 18.0 Å². The quantitative estimate of drug-likeness (QED) is 0.266. The largest absolute Gasteiger partial charge is 0.351 e. The van der Waals surface area contributed by atoms with E-state index in [1.165, 1.54) is 6.08 Å². The van der Waals surface area contributed by atoms with E-state index in [1.54, 1.807) is 6.08 Å². The van der Waals surface area contributed by atoms with Crippen molar-refractivity contribution in [3.63, 3.8) is 0 Å². The van der Waals surface area contributed by atoms with Gasteiger partial charge in [-0.25, -0.2) is 4.79 Å². The van der Waals surface area contributed by atoms with E-state index in [2.05, 4.69) is 60.7 Å². The number of benzene rings is 3. The van der Waals surface area contributed by atoms with Crippen LogP contribution in [0.4, 0.5) is 10.5 Å². The van der Waals surface area contributed by atoms with Crippen LogP contribution in [0.25, 0.3) is 11.1 Å². The molecule has 1 unspecified atom stereocenters. The van der Waals surface area contributed by atoms with E-state index in [4.69, 9.17) is 0 Å². The summed E-state index contributed by atoms with van der Waals surface area (Å²) in [5.74, 6) is -0.172. The molecule has 6 heteroatoms. The number of amides is 3. The van der Waals surface area contributed by atoms with E-state index in [0.29, 0.717) is 30.7 Å². The maximum Gasteiger partial charge on any atom is 0.319 e. The Morgan fingerprint density at radius 3 is 1.97 bits per heavy atom. The van der Waals surface area contributed by atoms with Crippen LogP contribution in [0.5, 0.6) is 0 Å². The fourth-order valence-corrected chi connectivity index (χ4v) is 4.43. The molecule has 0 fully saturated rings. The second kappa shape index (κ2) is 14.7. The molecule has 0 heterocycles. The Labute approximate surface area is 227 Å². The van der Waals surface area contributed by atoms with Crippen LogP contribution < -0.4 is 16.0 Å². The van der Waals surface area contributed by atoms with E-state index < -0.39 is 0 Å². The Kier molecular flexibility index (Phi) is 11.1. The fraction of sp³-hybridized carbons (Fsp3) is 0.312. The average Bonchev–Trinajstić information content (AvgIpc) is 2.91. The fourth-order valence-electron chi connectivity index (χ4n) is 4.43. The number of nitrogens with one attached hydrogen (secondary N) is 3. The van der Waals surface area contributed by atoms with Crippen LogP contribution in [-0.4, -0.2) is 48.1 Å². The minimum absolute atomic E-state index is 0.172. The van der Waals surface area contributed by atoms with Crippen LogP contribution in [0.3, 0.4) is 0 Å². The summed E-state index contributed by atoms with van der Waals surface area (Å²) in [5.41, 5.74) is 3.97. The van der Waals surface area contributed by atoms with Gasteiger partial charge >= 0.3 is 6.03 Å². The van der Waals surface area contributed by atoms with Crippen molar-refractivity contribution in [3.8, 4) is 11.1 Å². The Morgan fingerprint density at radius 2 is 1.37 bits per heavy atom. The summed E-state index contributed by atoms with van der Waals surface area (Å²) in [7, 11) is 0. The van der Waals surface area contributed by atoms with Gasteiger partial charge in [0, 0.05) is 36.9 Å². The van der Waals surface area contributed by atoms with Crippen molar-refractivity contribution in [2.75, 3.05) is 18.4 Å².